The van der Waals surface area contributed by atoms with Gasteiger partial charge in [0.2, 0.25) is 0 Å². The van der Waals surface area contributed by atoms with Crippen LogP contribution in [-0.2, 0) is 0 Å². The number of nitrogens with one attached hydrogen (secondary N) is 1. The van der Waals surface area contributed by atoms with E-state index in [1.807, 2.05) is 30.3 Å². The fraction of sp³-hybridized carbons (Fsp3) is 0. The van der Waals surface area contributed by atoms with Gasteiger partial charge in [-0.15, -0.1) is 0 Å². The van der Waals surface area contributed by atoms with Gasteiger partial charge in [0.05, 0.1) is 0 Å². The minimum atomic E-state index is -0.211. The van der Waals surface area contributed by atoms with Crippen molar-refractivity contribution in [3.63, 3.8) is 0 Å². The van der Waals surface area contributed by atoms with E-state index in [0.717, 1.165) is 38.8 Å². The van der Waals surface area contributed by atoms with E-state index in [4.69, 9.17) is 0 Å². The Labute approximate surface area is 210 Å². The third-order valence-corrected chi connectivity index (χ3v) is 6.55. The molecule has 0 aliphatic rings. The van der Waals surface area contributed by atoms with E-state index in [-0.39, 0.29) is 5.82 Å². The molecular formula is C34H24FN. The van der Waals surface area contributed by atoms with Gasteiger partial charge in [0.25, 0.3) is 0 Å². The second-order valence-corrected chi connectivity index (χ2v) is 8.83. The molecule has 0 bridgehead atoms. The summed E-state index contributed by atoms with van der Waals surface area (Å²) in [6.07, 6.45) is 0. The van der Waals surface area contributed by atoms with Crippen LogP contribution < -0.4 is 5.32 Å². The Balaban J connectivity index is 1.31. The standard InChI is InChI=1S/C34H24FN/c35-33-15-5-4-12-31(33)32-14-7-11-27-10-6-13-30(34(27)32)26-18-22-29(23-19-26)36-28-20-16-25(17-21-28)24-8-2-1-3-9-24/h1-23,36H. The number of halogens is 1. The first kappa shape index (κ1) is 21.8. The molecular weight excluding hydrogens is 441 g/mol. The molecule has 172 valence electrons. The number of rotatable bonds is 5. The van der Waals surface area contributed by atoms with Crippen LogP contribution in [0.3, 0.4) is 0 Å². The topological polar surface area (TPSA) is 12.0 Å². The van der Waals surface area contributed by atoms with Crippen molar-refractivity contribution in [2.24, 2.45) is 0 Å². The quantitative estimate of drug-likeness (QED) is 0.267. The van der Waals surface area contributed by atoms with Crippen molar-refractivity contribution in [1.29, 1.82) is 0 Å². The first-order valence-corrected chi connectivity index (χ1v) is 12.1. The van der Waals surface area contributed by atoms with Crippen molar-refractivity contribution in [2.45, 2.75) is 0 Å². The maximum atomic E-state index is 14.7. The minimum Gasteiger partial charge on any atom is -0.356 e. The molecule has 6 aromatic rings. The van der Waals surface area contributed by atoms with E-state index in [2.05, 4.69) is 102 Å². The van der Waals surface area contributed by atoms with Gasteiger partial charge in [0.15, 0.2) is 0 Å². The molecule has 0 aliphatic carbocycles. The zero-order chi connectivity index (χ0) is 24.3. The number of fused-ring (bicyclic) bond motifs is 1. The van der Waals surface area contributed by atoms with Crippen LogP contribution in [-0.4, -0.2) is 0 Å². The maximum absolute atomic E-state index is 14.7. The Bertz CT molecular complexity index is 1630. The highest BCUT2D eigenvalue weighted by molar-refractivity contribution is 6.06. The van der Waals surface area contributed by atoms with Crippen LogP contribution in [0.5, 0.6) is 0 Å². The van der Waals surface area contributed by atoms with Gasteiger partial charge in [-0.3, -0.25) is 0 Å². The zero-order valence-corrected chi connectivity index (χ0v) is 19.7. The summed E-state index contributed by atoms with van der Waals surface area (Å²) in [5, 5.41) is 5.64. The fourth-order valence-corrected chi connectivity index (χ4v) is 4.76. The molecule has 6 rings (SSSR count). The van der Waals surface area contributed by atoms with Crippen molar-refractivity contribution in [1.82, 2.24) is 0 Å². The van der Waals surface area contributed by atoms with Crippen LogP contribution in [0.15, 0.2) is 140 Å². The zero-order valence-electron chi connectivity index (χ0n) is 19.7. The normalized spacial score (nSPS) is 10.9. The average Bonchev–Trinajstić information content (AvgIpc) is 2.94. The van der Waals surface area contributed by atoms with E-state index >= 15 is 0 Å². The Morgan fingerprint density at radius 3 is 1.58 bits per heavy atom. The van der Waals surface area contributed by atoms with Gasteiger partial charge >= 0.3 is 0 Å². The third kappa shape index (κ3) is 4.25. The second-order valence-electron chi connectivity index (χ2n) is 8.83. The van der Waals surface area contributed by atoms with Crippen LogP contribution in [0.4, 0.5) is 15.8 Å². The number of hydrogen-bond donors (Lipinski definition) is 1. The van der Waals surface area contributed by atoms with Gasteiger partial charge in [0.1, 0.15) is 5.82 Å². The number of hydrogen-bond acceptors (Lipinski definition) is 1. The largest absolute Gasteiger partial charge is 0.356 e. The van der Waals surface area contributed by atoms with E-state index in [1.165, 1.54) is 17.2 Å². The lowest BCUT2D eigenvalue weighted by atomic mass is 9.91. The van der Waals surface area contributed by atoms with Gasteiger partial charge in [-0.1, -0.05) is 109 Å². The van der Waals surface area contributed by atoms with Crippen molar-refractivity contribution < 1.29 is 4.39 Å². The summed E-state index contributed by atoms with van der Waals surface area (Å²) in [6, 6.07) is 46.5. The van der Waals surface area contributed by atoms with Crippen LogP contribution in [0.2, 0.25) is 0 Å². The van der Waals surface area contributed by atoms with Crippen molar-refractivity contribution in [3.05, 3.63) is 145 Å². The molecule has 0 saturated heterocycles. The molecule has 0 spiro atoms. The van der Waals surface area contributed by atoms with Crippen molar-refractivity contribution >= 4 is 22.1 Å². The van der Waals surface area contributed by atoms with Crippen LogP contribution in [0.1, 0.15) is 0 Å². The first-order chi connectivity index (χ1) is 17.8. The Kier molecular flexibility index (Phi) is 5.77. The van der Waals surface area contributed by atoms with Gasteiger partial charge in [-0.25, -0.2) is 4.39 Å². The van der Waals surface area contributed by atoms with E-state index in [1.54, 1.807) is 6.07 Å². The Hall–Kier alpha value is -4.69. The van der Waals surface area contributed by atoms with Crippen molar-refractivity contribution in [3.8, 4) is 33.4 Å². The summed E-state index contributed by atoms with van der Waals surface area (Å²) >= 11 is 0. The molecule has 2 heteroatoms. The molecule has 0 heterocycles. The lowest BCUT2D eigenvalue weighted by molar-refractivity contribution is 0.631. The van der Waals surface area contributed by atoms with E-state index < -0.39 is 0 Å². The predicted molar refractivity (Wildman–Crippen MR) is 150 cm³/mol. The van der Waals surface area contributed by atoms with Crippen LogP contribution >= 0.6 is 0 Å². The highest BCUT2D eigenvalue weighted by Gasteiger charge is 2.12. The maximum Gasteiger partial charge on any atom is 0.131 e. The van der Waals surface area contributed by atoms with E-state index in [9.17, 15) is 4.39 Å². The summed E-state index contributed by atoms with van der Waals surface area (Å²) in [5.74, 6) is -0.211. The van der Waals surface area contributed by atoms with E-state index in [0.29, 0.717) is 5.56 Å². The predicted octanol–water partition coefficient (Wildman–Crippen LogP) is 9.72. The molecule has 36 heavy (non-hydrogen) atoms. The fourth-order valence-electron chi connectivity index (χ4n) is 4.76. The third-order valence-electron chi connectivity index (χ3n) is 6.55. The minimum absolute atomic E-state index is 0.211. The highest BCUT2D eigenvalue weighted by atomic mass is 19.1. The molecule has 1 N–H and O–H groups in total. The number of benzene rings is 6. The molecule has 0 atom stereocenters. The summed E-state index contributed by atoms with van der Waals surface area (Å²) in [7, 11) is 0. The summed E-state index contributed by atoms with van der Waals surface area (Å²) in [4.78, 5) is 0. The first-order valence-electron chi connectivity index (χ1n) is 12.1. The van der Waals surface area contributed by atoms with Crippen LogP contribution in [0, 0.1) is 5.82 Å². The molecule has 0 radical (unpaired) electrons. The summed E-state index contributed by atoms with van der Waals surface area (Å²) < 4.78 is 14.7. The monoisotopic (exact) mass is 465 g/mol. The lowest BCUT2D eigenvalue weighted by Crippen LogP contribution is -1.91. The molecule has 0 unspecified atom stereocenters. The molecule has 0 fully saturated rings. The average molecular weight is 466 g/mol. The molecule has 0 saturated carbocycles. The lowest BCUT2D eigenvalue weighted by Gasteiger charge is -2.14. The molecule has 0 amide bonds. The van der Waals surface area contributed by atoms with Gasteiger partial charge in [0, 0.05) is 16.9 Å². The molecule has 1 nitrogen and oxygen atoms in total. The van der Waals surface area contributed by atoms with Gasteiger partial charge in [-0.2, -0.15) is 0 Å². The highest BCUT2D eigenvalue weighted by Crippen LogP contribution is 2.37. The van der Waals surface area contributed by atoms with Gasteiger partial charge in [-0.05, 0) is 68.9 Å². The smallest absolute Gasteiger partial charge is 0.131 e. The summed E-state index contributed by atoms with van der Waals surface area (Å²) in [6.45, 7) is 0. The molecule has 6 aromatic carbocycles. The summed E-state index contributed by atoms with van der Waals surface area (Å²) in [5.41, 5.74) is 8.15. The second kappa shape index (κ2) is 9.52. The molecule has 0 aliphatic heterocycles. The number of anilines is 2. The molecule has 0 aromatic heterocycles. The van der Waals surface area contributed by atoms with Crippen LogP contribution in [0.25, 0.3) is 44.2 Å². The Morgan fingerprint density at radius 1 is 0.389 bits per heavy atom. The SMILES string of the molecule is Fc1ccccc1-c1cccc2cccc(-c3ccc(Nc4ccc(-c5ccccc5)cc4)cc3)c12. The Morgan fingerprint density at radius 2 is 0.917 bits per heavy atom. The van der Waals surface area contributed by atoms with Crippen molar-refractivity contribution in [2.75, 3.05) is 5.32 Å². The van der Waals surface area contributed by atoms with Gasteiger partial charge < -0.3 is 5.32 Å².